The average molecular weight is 184 g/mol. The molecule has 13 heavy (non-hydrogen) atoms. The molecule has 3 nitrogen and oxygen atoms in total. The molecule has 0 aromatic carbocycles. The van der Waals surface area contributed by atoms with Crippen LogP contribution in [0.2, 0.25) is 0 Å². The van der Waals surface area contributed by atoms with E-state index in [9.17, 15) is 0 Å². The highest BCUT2D eigenvalue weighted by atomic mass is 15.2. The van der Waals surface area contributed by atoms with Crippen LogP contribution in [0.5, 0.6) is 0 Å². The highest BCUT2D eigenvalue weighted by Crippen LogP contribution is 2.22. The number of hydrogen-bond acceptors (Lipinski definition) is 2. The van der Waals surface area contributed by atoms with Crippen molar-refractivity contribution in [2.24, 2.45) is 11.7 Å². The molecule has 4 N–H and O–H groups in total. The van der Waals surface area contributed by atoms with Gasteiger partial charge in [-0.25, -0.2) is 0 Å². The number of rotatable bonds is 2. The molecule has 0 aromatic rings. The van der Waals surface area contributed by atoms with E-state index < -0.39 is 0 Å². The second kappa shape index (κ2) is 4.40. The molecule has 2 aliphatic rings. The Morgan fingerprint density at radius 2 is 2.00 bits per heavy atom. The Hall–Kier alpha value is -0.120. The lowest BCUT2D eigenvalue weighted by Gasteiger charge is -2.26. The van der Waals surface area contributed by atoms with Gasteiger partial charge in [0.2, 0.25) is 0 Å². The molecule has 0 aromatic heterocycles. The number of piperazine rings is 1. The zero-order chi connectivity index (χ0) is 9.10. The third kappa shape index (κ3) is 2.66. The van der Waals surface area contributed by atoms with Gasteiger partial charge in [0.05, 0.1) is 19.6 Å². The van der Waals surface area contributed by atoms with Gasteiger partial charge in [-0.15, -0.1) is 0 Å². The average Bonchev–Trinajstić information content (AvgIpc) is 2.53. The molecule has 3 heteroatoms. The molecule has 2 unspecified atom stereocenters. The topological polar surface area (TPSA) is 42.5 Å². The predicted molar refractivity (Wildman–Crippen MR) is 53.7 cm³/mol. The summed E-state index contributed by atoms with van der Waals surface area (Å²) in [5.74, 6) is 0.920. The summed E-state index contributed by atoms with van der Waals surface area (Å²) in [7, 11) is 0. The first-order valence-corrected chi connectivity index (χ1v) is 5.64. The molecule has 76 valence electrons. The summed E-state index contributed by atoms with van der Waals surface area (Å²) >= 11 is 0. The lowest BCUT2D eigenvalue weighted by Crippen LogP contribution is -3.15. The van der Waals surface area contributed by atoms with Crippen molar-refractivity contribution >= 4 is 0 Å². The van der Waals surface area contributed by atoms with E-state index in [1.807, 2.05) is 0 Å². The molecular weight excluding hydrogens is 162 g/mol. The minimum atomic E-state index is 0.507. The van der Waals surface area contributed by atoms with Gasteiger partial charge in [-0.05, 0) is 19.3 Å². The van der Waals surface area contributed by atoms with Crippen molar-refractivity contribution < 1.29 is 4.90 Å². The molecule has 2 atom stereocenters. The van der Waals surface area contributed by atoms with Crippen molar-refractivity contribution in [2.75, 3.05) is 32.7 Å². The maximum Gasteiger partial charge on any atom is 0.0898 e. The van der Waals surface area contributed by atoms with E-state index in [0.717, 1.165) is 5.92 Å². The Balaban J connectivity index is 1.71. The minimum absolute atomic E-state index is 0.507. The summed E-state index contributed by atoms with van der Waals surface area (Å²) in [6.45, 7) is 6.40. The zero-order valence-electron chi connectivity index (χ0n) is 8.39. The van der Waals surface area contributed by atoms with Crippen molar-refractivity contribution in [3.05, 3.63) is 0 Å². The molecule has 1 saturated carbocycles. The molecule has 1 aliphatic carbocycles. The van der Waals surface area contributed by atoms with Gasteiger partial charge < -0.3 is 16.0 Å². The van der Waals surface area contributed by atoms with Gasteiger partial charge in [0.25, 0.3) is 0 Å². The van der Waals surface area contributed by atoms with Gasteiger partial charge in [-0.1, -0.05) is 0 Å². The lowest BCUT2D eigenvalue weighted by molar-refractivity contribution is -0.905. The van der Waals surface area contributed by atoms with Crippen molar-refractivity contribution in [3.63, 3.8) is 0 Å². The predicted octanol–water partition coefficient (Wildman–Crippen LogP) is -1.40. The van der Waals surface area contributed by atoms with E-state index in [0.29, 0.717) is 6.04 Å². The number of quaternary nitrogens is 1. The van der Waals surface area contributed by atoms with Gasteiger partial charge in [-0.3, -0.25) is 0 Å². The molecule has 1 aliphatic heterocycles. The summed E-state index contributed by atoms with van der Waals surface area (Å²) in [5, 5.41) is 3.40. The van der Waals surface area contributed by atoms with Crippen LogP contribution in [0.4, 0.5) is 0 Å². The Kier molecular flexibility index (Phi) is 3.19. The highest BCUT2D eigenvalue weighted by Gasteiger charge is 2.26. The van der Waals surface area contributed by atoms with Crippen LogP contribution in [0, 0.1) is 5.92 Å². The Morgan fingerprint density at radius 3 is 2.62 bits per heavy atom. The minimum Gasteiger partial charge on any atom is -0.333 e. The van der Waals surface area contributed by atoms with Gasteiger partial charge in [0.1, 0.15) is 0 Å². The van der Waals surface area contributed by atoms with Crippen LogP contribution >= 0.6 is 0 Å². The van der Waals surface area contributed by atoms with E-state index in [1.54, 1.807) is 4.90 Å². The smallest absolute Gasteiger partial charge is 0.0898 e. The molecule has 2 rings (SSSR count). The quantitative estimate of drug-likeness (QED) is 0.494. The van der Waals surface area contributed by atoms with Crippen molar-refractivity contribution in [3.8, 4) is 0 Å². The van der Waals surface area contributed by atoms with Crippen LogP contribution < -0.4 is 16.0 Å². The van der Waals surface area contributed by atoms with Crippen LogP contribution in [0.3, 0.4) is 0 Å². The molecule has 0 spiro atoms. The third-order valence-electron chi connectivity index (χ3n) is 3.47. The molecule has 2 fully saturated rings. The lowest BCUT2D eigenvalue weighted by atomic mass is 10.1. The van der Waals surface area contributed by atoms with Crippen molar-refractivity contribution in [2.45, 2.75) is 25.3 Å². The second-order valence-corrected chi connectivity index (χ2v) is 4.64. The summed E-state index contributed by atoms with van der Waals surface area (Å²) in [6, 6.07) is 0.507. The van der Waals surface area contributed by atoms with E-state index in [4.69, 9.17) is 5.73 Å². The van der Waals surface area contributed by atoms with Crippen LogP contribution in [-0.2, 0) is 0 Å². The fourth-order valence-electron chi connectivity index (χ4n) is 2.69. The molecule has 1 heterocycles. The van der Waals surface area contributed by atoms with Gasteiger partial charge >= 0.3 is 0 Å². The van der Waals surface area contributed by atoms with Crippen molar-refractivity contribution in [1.82, 2.24) is 5.32 Å². The highest BCUT2D eigenvalue weighted by molar-refractivity contribution is 4.77. The van der Waals surface area contributed by atoms with Crippen LogP contribution in [0.1, 0.15) is 19.3 Å². The summed E-state index contributed by atoms with van der Waals surface area (Å²) in [5.41, 5.74) is 5.91. The summed E-state index contributed by atoms with van der Waals surface area (Å²) in [6.07, 6.45) is 3.91. The molecule has 0 amide bonds. The molecule has 1 saturated heterocycles. The fourth-order valence-corrected chi connectivity index (χ4v) is 2.69. The maximum atomic E-state index is 5.91. The number of nitrogens with two attached hydrogens (primary N) is 1. The Morgan fingerprint density at radius 1 is 1.23 bits per heavy atom. The monoisotopic (exact) mass is 184 g/mol. The van der Waals surface area contributed by atoms with E-state index in [-0.39, 0.29) is 0 Å². The largest absolute Gasteiger partial charge is 0.333 e. The van der Waals surface area contributed by atoms with Crippen LogP contribution in [0.25, 0.3) is 0 Å². The number of nitrogens with one attached hydrogen (secondary N) is 2. The first-order chi connectivity index (χ1) is 6.34. The SMILES string of the molecule is NC1CCC(C[NH+]2CCNCC2)C1. The third-order valence-corrected chi connectivity index (χ3v) is 3.47. The van der Waals surface area contributed by atoms with Crippen LogP contribution in [-0.4, -0.2) is 38.8 Å². The number of hydrogen-bond donors (Lipinski definition) is 3. The first kappa shape index (κ1) is 9.44. The second-order valence-electron chi connectivity index (χ2n) is 4.64. The molecular formula is C10H22N3+. The van der Waals surface area contributed by atoms with Crippen molar-refractivity contribution in [1.29, 1.82) is 0 Å². The zero-order valence-corrected chi connectivity index (χ0v) is 8.39. The maximum absolute atomic E-state index is 5.91. The van der Waals surface area contributed by atoms with Gasteiger partial charge in [0.15, 0.2) is 0 Å². The van der Waals surface area contributed by atoms with E-state index in [1.165, 1.54) is 52.0 Å². The van der Waals surface area contributed by atoms with Gasteiger partial charge in [0, 0.05) is 25.0 Å². The van der Waals surface area contributed by atoms with Gasteiger partial charge in [-0.2, -0.15) is 0 Å². The normalized spacial score (nSPS) is 36.7. The van der Waals surface area contributed by atoms with Crippen LogP contribution in [0.15, 0.2) is 0 Å². The fraction of sp³-hybridized carbons (Fsp3) is 1.00. The summed E-state index contributed by atoms with van der Waals surface area (Å²) in [4.78, 5) is 1.79. The Labute approximate surface area is 80.7 Å². The van der Waals surface area contributed by atoms with E-state index >= 15 is 0 Å². The summed E-state index contributed by atoms with van der Waals surface area (Å²) < 4.78 is 0. The standard InChI is InChI=1S/C10H21N3/c11-10-2-1-9(7-10)8-13-5-3-12-4-6-13/h9-10,12H,1-8,11H2/p+1. The molecule has 0 radical (unpaired) electrons. The first-order valence-electron chi connectivity index (χ1n) is 5.64. The Bertz CT molecular complexity index is 151. The molecule has 0 bridgehead atoms. The van der Waals surface area contributed by atoms with E-state index in [2.05, 4.69) is 5.32 Å².